The van der Waals surface area contributed by atoms with E-state index in [2.05, 4.69) is 22.5 Å². The molecule has 0 spiro atoms. The van der Waals surface area contributed by atoms with Crippen LogP contribution in [-0.2, 0) is 0 Å². The van der Waals surface area contributed by atoms with Crippen LogP contribution in [-0.4, -0.2) is 42.4 Å². The van der Waals surface area contributed by atoms with Crippen molar-refractivity contribution in [3.8, 4) is 0 Å². The Morgan fingerprint density at radius 1 is 1.12 bits per heavy atom. The average molecular weight is 372 g/mol. The highest BCUT2D eigenvalue weighted by Crippen LogP contribution is 2.15. The molecule has 2 aromatic rings. The Hall–Kier alpha value is -2.18. The average Bonchev–Trinajstić information content (AvgIpc) is 3.19. The highest BCUT2D eigenvalue weighted by molar-refractivity contribution is 7.12. The Labute approximate surface area is 158 Å². The van der Waals surface area contributed by atoms with E-state index in [1.54, 1.807) is 30.3 Å². The van der Waals surface area contributed by atoms with Crippen LogP contribution in [0.3, 0.4) is 0 Å². The molecule has 0 aliphatic carbocycles. The van der Waals surface area contributed by atoms with Crippen molar-refractivity contribution in [1.82, 2.24) is 10.2 Å². The number of piperidine rings is 1. The summed E-state index contributed by atoms with van der Waals surface area (Å²) in [5.74, 6) is -0.175. The van der Waals surface area contributed by atoms with Gasteiger partial charge in [-0.2, -0.15) is 0 Å². The van der Waals surface area contributed by atoms with Gasteiger partial charge in [0.1, 0.15) is 0 Å². The zero-order chi connectivity index (χ0) is 18.4. The first-order valence-corrected chi connectivity index (χ1v) is 10.0. The summed E-state index contributed by atoms with van der Waals surface area (Å²) in [5, 5.41) is 7.84. The molecule has 0 bridgehead atoms. The number of rotatable bonds is 6. The van der Waals surface area contributed by atoms with Gasteiger partial charge in [-0.25, -0.2) is 0 Å². The standard InChI is InChI=1S/C20H25N3O2S/c1-2-11-23-12-9-17(10-13-23)21-19(24)15-5-7-16(8-6-15)22-20(25)18-4-3-14-26-18/h3-8,14,17H,2,9-13H2,1H3,(H,21,24)(H,22,25). The van der Waals surface area contributed by atoms with Crippen LogP contribution in [0.25, 0.3) is 0 Å². The third-order valence-corrected chi connectivity index (χ3v) is 5.48. The fourth-order valence-corrected chi connectivity index (χ4v) is 3.81. The molecule has 3 rings (SSSR count). The second-order valence-electron chi connectivity index (χ2n) is 6.60. The minimum atomic E-state index is -0.129. The summed E-state index contributed by atoms with van der Waals surface area (Å²) < 4.78 is 0. The number of thiophene rings is 1. The summed E-state index contributed by atoms with van der Waals surface area (Å²) in [6.07, 6.45) is 3.17. The number of carbonyl (C=O) groups excluding carboxylic acids is 2. The molecule has 6 heteroatoms. The molecular weight excluding hydrogens is 346 g/mol. The molecule has 0 radical (unpaired) electrons. The van der Waals surface area contributed by atoms with E-state index >= 15 is 0 Å². The molecule has 0 saturated carbocycles. The Bertz CT molecular complexity index is 720. The van der Waals surface area contributed by atoms with E-state index in [1.807, 2.05) is 11.4 Å². The molecule has 0 unspecified atom stereocenters. The summed E-state index contributed by atoms with van der Waals surface area (Å²) in [7, 11) is 0. The summed E-state index contributed by atoms with van der Waals surface area (Å²) in [5.41, 5.74) is 1.31. The number of hydrogen-bond acceptors (Lipinski definition) is 4. The fraction of sp³-hybridized carbons (Fsp3) is 0.400. The molecule has 138 valence electrons. The number of hydrogen-bond donors (Lipinski definition) is 2. The lowest BCUT2D eigenvalue weighted by atomic mass is 10.0. The number of nitrogens with one attached hydrogen (secondary N) is 2. The maximum Gasteiger partial charge on any atom is 0.265 e. The number of amides is 2. The van der Waals surface area contributed by atoms with E-state index in [0.717, 1.165) is 32.5 Å². The predicted molar refractivity (Wildman–Crippen MR) is 106 cm³/mol. The molecule has 1 aliphatic heterocycles. The molecule has 5 nitrogen and oxygen atoms in total. The highest BCUT2D eigenvalue weighted by Gasteiger charge is 2.20. The summed E-state index contributed by atoms with van der Waals surface area (Å²) >= 11 is 1.40. The van der Waals surface area contributed by atoms with Crippen molar-refractivity contribution in [3.63, 3.8) is 0 Å². The second-order valence-corrected chi connectivity index (χ2v) is 7.55. The molecule has 2 N–H and O–H groups in total. The van der Waals surface area contributed by atoms with Gasteiger partial charge in [0.25, 0.3) is 11.8 Å². The van der Waals surface area contributed by atoms with E-state index in [-0.39, 0.29) is 17.9 Å². The van der Waals surface area contributed by atoms with E-state index in [4.69, 9.17) is 0 Å². The third kappa shape index (κ3) is 4.93. The summed E-state index contributed by atoms with van der Waals surface area (Å²) in [6.45, 7) is 5.43. The number of anilines is 1. The maximum atomic E-state index is 12.4. The Morgan fingerprint density at radius 3 is 2.46 bits per heavy atom. The minimum Gasteiger partial charge on any atom is -0.349 e. The van der Waals surface area contributed by atoms with Gasteiger partial charge in [0.05, 0.1) is 4.88 Å². The molecule has 2 amide bonds. The Kier molecular flexibility index (Phi) is 6.41. The van der Waals surface area contributed by atoms with E-state index in [9.17, 15) is 9.59 Å². The van der Waals surface area contributed by atoms with Crippen molar-refractivity contribution in [3.05, 3.63) is 52.2 Å². The first kappa shape index (κ1) is 18.6. The molecule has 1 aromatic carbocycles. The zero-order valence-electron chi connectivity index (χ0n) is 15.0. The van der Waals surface area contributed by atoms with E-state index in [0.29, 0.717) is 16.1 Å². The van der Waals surface area contributed by atoms with Gasteiger partial charge in [0.15, 0.2) is 0 Å². The number of carbonyl (C=O) groups is 2. The molecule has 1 fully saturated rings. The SMILES string of the molecule is CCCN1CCC(NC(=O)c2ccc(NC(=O)c3cccs3)cc2)CC1. The predicted octanol–water partition coefficient (Wildman–Crippen LogP) is 3.60. The van der Waals surface area contributed by atoms with Crippen molar-refractivity contribution < 1.29 is 9.59 Å². The van der Waals surface area contributed by atoms with Gasteiger partial charge in [-0.15, -0.1) is 11.3 Å². The van der Waals surface area contributed by atoms with Crippen LogP contribution in [0.4, 0.5) is 5.69 Å². The van der Waals surface area contributed by atoms with Crippen LogP contribution in [0.1, 0.15) is 46.2 Å². The molecule has 0 atom stereocenters. The van der Waals surface area contributed by atoms with Crippen LogP contribution < -0.4 is 10.6 Å². The lowest BCUT2D eigenvalue weighted by Gasteiger charge is -2.32. The fourth-order valence-electron chi connectivity index (χ4n) is 3.19. The van der Waals surface area contributed by atoms with Crippen molar-refractivity contribution in [1.29, 1.82) is 0 Å². The Balaban J connectivity index is 1.50. The van der Waals surface area contributed by atoms with Crippen molar-refractivity contribution in [2.24, 2.45) is 0 Å². The quantitative estimate of drug-likeness (QED) is 0.815. The maximum absolute atomic E-state index is 12.4. The number of benzene rings is 1. The number of likely N-dealkylation sites (tertiary alicyclic amines) is 1. The van der Waals surface area contributed by atoms with Gasteiger partial charge in [-0.3, -0.25) is 9.59 Å². The molecule has 1 saturated heterocycles. The molecule has 2 heterocycles. The van der Waals surface area contributed by atoms with Crippen molar-refractivity contribution in [2.45, 2.75) is 32.2 Å². The van der Waals surface area contributed by atoms with Crippen LogP contribution >= 0.6 is 11.3 Å². The van der Waals surface area contributed by atoms with Crippen LogP contribution in [0.2, 0.25) is 0 Å². The van der Waals surface area contributed by atoms with Crippen LogP contribution in [0, 0.1) is 0 Å². The zero-order valence-corrected chi connectivity index (χ0v) is 15.8. The molecule has 26 heavy (non-hydrogen) atoms. The van der Waals surface area contributed by atoms with Crippen LogP contribution in [0.15, 0.2) is 41.8 Å². The first-order chi connectivity index (χ1) is 12.7. The first-order valence-electron chi connectivity index (χ1n) is 9.14. The monoisotopic (exact) mass is 371 g/mol. The van der Waals surface area contributed by atoms with Gasteiger partial charge in [0.2, 0.25) is 0 Å². The van der Waals surface area contributed by atoms with Gasteiger partial charge in [-0.1, -0.05) is 13.0 Å². The summed E-state index contributed by atoms with van der Waals surface area (Å²) in [6, 6.07) is 10.9. The minimum absolute atomic E-state index is 0.0462. The van der Waals surface area contributed by atoms with Gasteiger partial charge >= 0.3 is 0 Å². The van der Waals surface area contributed by atoms with Crippen molar-refractivity contribution >= 4 is 28.8 Å². The smallest absolute Gasteiger partial charge is 0.265 e. The lowest BCUT2D eigenvalue weighted by Crippen LogP contribution is -2.44. The number of nitrogens with zero attached hydrogens (tertiary/aromatic N) is 1. The van der Waals surface area contributed by atoms with Gasteiger partial charge in [-0.05, 0) is 61.5 Å². The van der Waals surface area contributed by atoms with E-state index in [1.165, 1.54) is 17.8 Å². The molecule has 1 aromatic heterocycles. The van der Waals surface area contributed by atoms with Crippen LogP contribution in [0.5, 0.6) is 0 Å². The lowest BCUT2D eigenvalue weighted by molar-refractivity contribution is 0.0910. The summed E-state index contributed by atoms with van der Waals surface area (Å²) in [4.78, 5) is 27.6. The second kappa shape index (κ2) is 8.96. The van der Waals surface area contributed by atoms with Gasteiger partial charge < -0.3 is 15.5 Å². The van der Waals surface area contributed by atoms with Crippen molar-refractivity contribution in [2.75, 3.05) is 25.0 Å². The highest BCUT2D eigenvalue weighted by atomic mass is 32.1. The van der Waals surface area contributed by atoms with Gasteiger partial charge in [0, 0.05) is 30.4 Å². The Morgan fingerprint density at radius 2 is 1.85 bits per heavy atom. The third-order valence-electron chi connectivity index (χ3n) is 4.61. The van der Waals surface area contributed by atoms with E-state index < -0.39 is 0 Å². The molecule has 1 aliphatic rings. The largest absolute Gasteiger partial charge is 0.349 e. The topological polar surface area (TPSA) is 61.4 Å². The molecular formula is C20H25N3O2S. The normalized spacial score (nSPS) is 15.6.